The Morgan fingerprint density at radius 2 is 1.93 bits per heavy atom. The van der Waals surface area contributed by atoms with Gasteiger partial charge in [0, 0.05) is 6.04 Å². The standard InChI is InChI=1S/C14H29N/c1-5-7-14(15-6-2)13-10-11(3)8-9-12(13)4/h11-15H,5-10H2,1-4H3. The maximum atomic E-state index is 3.70. The average Bonchev–Trinajstić information content (AvgIpc) is 2.21. The molecule has 0 radical (unpaired) electrons. The molecule has 0 bridgehead atoms. The lowest BCUT2D eigenvalue weighted by atomic mass is 9.71. The Morgan fingerprint density at radius 1 is 1.20 bits per heavy atom. The predicted molar refractivity (Wildman–Crippen MR) is 68.0 cm³/mol. The minimum Gasteiger partial charge on any atom is -0.314 e. The first-order valence-corrected chi connectivity index (χ1v) is 6.92. The van der Waals surface area contributed by atoms with Crippen LogP contribution in [0.15, 0.2) is 0 Å². The number of rotatable bonds is 5. The Morgan fingerprint density at radius 3 is 2.53 bits per heavy atom. The van der Waals surface area contributed by atoms with Crippen LogP contribution >= 0.6 is 0 Å². The van der Waals surface area contributed by atoms with Crippen molar-refractivity contribution in [1.29, 1.82) is 0 Å². The average molecular weight is 211 g/mol. The molecule has 0 aromatic rings. The molecule has 1 rings (SSSR count). The van der Waals surface area contributed by atoms with Crippen molar-refractivity contribution in [2.45, 2.75) is 65.8 Å². The summed E-state index contributed by atoms with van der Waals surface area (Å²) in [6.07, 6.45) is 7.00. The van der Waals surface area contributed by atoms with Crippen LogP contribution in [-0.2, 0) is 0 Å². The van der Waals surface area contributed by atoms with Crippen LogP contribution in [0.4, 0.5) is 0 Å². The summed E-state index contributed by atoms with van der Waals surface area (Å²) in [5.41, 5.74) is 0. The lowest BCUT2D eigenvalue weighted by molar-refractivity contribution is 0.151. The lowest BCUT2D eigenvalue weighted by Gasteiger charge is -2.38. The molecule has 15 heavy (non-hydrogen) atoms. The number of hydrogen-bond acceptors (Lipinski definition) is 1. The molecule has 0 spiro atoms. The molecule has 1 heteroatoms. The topological polar surface area (TPSA) is 12.0 Å². The fraction of sp³-hybridized carbons (Fsp3) is 1.00. The van der Waals surface area contributed by atoms with Crippen LogP contribution in [0.1, 0.15) is 59.8 Å². The van der Waals surface area contributed by atoms with E-state index in [1.165, 1.54) is 32.1 Å². The second kappa shape index (κ2) is 6.52. The molecule has 1 saturated carbocycles. The molecule has 1 fully saturated rings. The van der Waals surface area contributed by atoms with Gasteiger partial charge in [0.15, 0.2) is 0 Å². The summed E-state index contributed by atoms with van der Waals surface area (Å²) >= 11 is 0. The molecule has 1 aliphatic carbocycles. The van der Waals surface area contributed by atoms with Gasteiger partial charge in [-0.05, 0) is 37.1 Å². The van der Waals surface area contributed by atoms with Crippen LogP contribution in [-0.4, -0.2) is 12.6 Å². The van der Waals surface area contributed by atoms with Crippen LogP contribution < -0.4 is 5.32 Å². The first kappa shape index (κ1) is 13.0. The maximum absolute atomic E-state index is 3.70. The molecule has 0 amide bonds. The maximum Gasteiger partial charge on any atom is 0.00977 e. The second-order valence-corrected chi connectivity index (χ2v) is 5.51. The van der Waals surface area contributed by atoms with Crippen molar-refractivity contribution >= 4 is 0 Å². The zero-order valence-corrected chi connectivity index (χ0v) is 11.1. The van der Waals surface area contributed by atoms with E-state index in [0.717, 1.165) is 30.3 Å². The Hall–Kier alpha value is -0.0400. The monoisotopic (exact) mass is 211 g/mol. The Bertz CT molecular complexity index is 161. The van der Waals surface area contributed by atoms with E-state index in [9.17, 15) is 0 Å². The van der Waals surface area contributed by atoms with Crippen LogP contribution in [0, 0.1) is 17.8 Å². The van der Waals surface area contributed by atoms with Crippen molar-refractivity contribution in [3.63, 3.8) is 0 Å². The fourth-order valence-corrected chi connectivity index (χ4v) is 3.18. The van der Waals surface area contributed by atoms with Crippen LogP contribution in [0.2, 0.25) is 0 Å². The minimum atomic E-state index is 0.776. The smallest absolute Gasteiger partial charge is 0.00977 e. The second-order valence-electron chi connectivity index (χ2n) is 5.51. The summed E-state index contributed by atoms with van der Waals surface area (Å²) in [4.78, 5) is 0. The molecular weight excluding hydrogens is 182 g/mol. The zero-order chi connectivity index (χ0) is 11.3. The summed E-state index contributed by atoms with van der Waals surface area (Å²) in [5, 5.41) is 3.70. The van der Waals surface area contributed by atoms with Gasteiger partial charge in [-0.1, -0.05) is 47.0 Å². The SMILES string of the molecule is CCCC(NCC)C1CC(C)CCC1C. The van der Waals surface area contributed by atoms with Gasteiger partial charge in [-0.25, -0.2) is 0 Å². The molecule has 1 aliphatic rings. The van der Waals surface area contributed by atoms with E-state index in [4.69, 9.17) is 0 Å². The third kappa shape index (κ3) is 3.79. The molecule has 0 aromatic heterocycles. The van der Waals surface area contributed by atoms with Crippen molar-refractivity contribution in [1.82, 2.24) is 5.32 Å². The first-order valence-electron chi connectivity index (χ1n) is 6.92. The van der Waals surface area contributed by atoms with Gasteiger partial charge in [-0.2, -0.15) is 0 Å². The summed E-state index contributed by atoms with van der Waals surface area (Å²) in [7, 11) is 0. The highest BCUT2D eigenvalue weighted by Gasteiger charge is 2.30. The van der Waals surface area contributed by atoms with Gasteiger partial charge in [0.25, 0.3) is 0 Å². The van der Waals surface area contributed by atoms with E-state index in [-0.39, 0.29) is 0 Å². The first-order chi connectivity index (χ1) is 7.19. The van der Waals surface area contributed by atoms with Gasteiger partial charge in [-0.3, -0.25) is 0 Å². The predicted octanol–water partition coefficient (Wildman–Crippen LogP) is 3.84. The molecule has 0 saturated heterocycles. The molecule has 0 heterocycles. The van der Waals surface area contributed by atoms with E-state index in [0.29, 0.717) is 0 Å². The van der Waals surface area contributed by atoms with Crippen LogP contribution in [0.5, 0.6) is 0 Å². The van der Waals surface area contributed by atoms with Gasteiger partial charge >= 0.3 is 0 Å². The quantitative estimate of drug-likeness (QED) is 0.728. The summed E-state index contributed by atoms with van der Waals surface area (Å²) in [6, 6.07) is 0.776. The van der Waals surface area contributed by atoms with Crippen molar-refractivity contribution in [2.75, 3.05) is 6.54 Å². The van der Waals surface area contributed by atoms with E-state index >= 15 is 0 Å². The molecule has 0 aliphatic heterocycles. The van der Waals surface area contributed by atoms with Crippen molar-refractivity contribution in [2.24, 2.45) is 17.8 Å². The molecule has 1 N–H and O–H groups in total. The van der Waals surface area contributed by atoms with E-state index in [1.54, 1.807) is 0 Å². The van der Waals surface area contributed by atoms with Crippen LogP contribution in [0.25, 0.3) is 0 Å². The highest BCUT2D eigenvalue weighted by Crippen LogP contribution is 2.36. The van der Waals surface area contributed by atoms with Gasteiger partial charge in [0.1, 0.15) is 0 Å². The van der Waals surface area contributed by atoms with Gasteiger partial charge in [0.2, 0.25) is 0 Å². The Labute approximate surface area is 96.0 Å². The zero-order valence-electron chi connectivity index (χ0n) is 11.1. The van der Waals surface area contributed by atoms with E-state index < -0.39 is 0 Å². The molecule has 4 atom stereocenters. The molecule has 1 nitrogen and oxygen atoms in total. The lowest BCUT2D eigenvalue weighted by Crippen LogP contribution is -2.41. The van der Waals surface area contributed by atoms with Crippen molar-refractivity contribution < 1.29 is 0 Å². The largest absolute Gasteiger partial charge is 0.314 e. The van der Waals surface area contributed by atoms with Crippen LogP contribution in [0.3, 0.4) is 0 Å². The molecule has 90 valence electrons. The van der Waals surface area contributed by atoms with Crippen molar-refractivity contribution in [3.05, 3.63) is 0 Å². The fourth-order valence-electron chi connectivity index (χ4n) is 3.18. The third-order valence-corrected chi connectivity index (χ3v) is 4.10. The minimum absolute atomic E-state index is 0.776. The van der Waals surface area contributed by atoms with Crippen molar-refractivity contribution in [3.8, 4) is 0 Å². The Kier molecular flexibility index (Phi) is 5.66. The molecule has 4 unspecified atom stereocenters. The van der Waals surface area contributed by atoms with Gasteiger partial charge in [-0.15, -0.1) is 0 Å². The van der Waals surface area contributed by atoms with Gasteiger partial charge < -0.3 is 5.32 Å². The summed E-state index contributed by atoms with van der Waals surface area (Å²) in [5.74, 6) is 2.80. The highest BCUT2D eigenvalue weighted by molar-refractivity contribution is 4.84. The highest BCUT2D eigenvalue weighted by atomic mass is 14.9. The van der Waals surface area contributed by atoms with E-state index in [2.05, 4.69) is 33.0 Å². The normalized spacial score (nSPS) is 34.0. The third-order valence-electron chi connectivity index (χ3n) is 4.10. The number of nitrogens with one attached hydrogen (secondary N) is 1. The molecular formula is C14H29N. The summed E-state index contributed by atoms with van der Waals surface area (Å²) in [6.45, 7) is 10.5. The Balaban J connectivity index is 2.54. The van der Waals surface area contributed by atoms with Gasteiger partial charge in [0.05, 0.1) is 0 Å². The summed E-state index contributed by atoms with van der Waals surface area (Å²) < 4.78 is 0. The number of hydrogen-bond donors (Lipinski definition) is 1. The van der Waals surface area contributed by atoms with E-state index in [1.807, 2.05) is 0 Å². The molecule has 0 aromatic carbocycles.